The minimum absolute atomic E-state index is 0.860. The Morgan fingerprint density at radius 1 is 0.975 bits per heavy atom. The molecule has 1 aliphatic carbocycles. The van der Waals surface area contributed by atoms with E-state index in [1.165, 1.54) is 78.5 Å². The van der Waals surface area contributed by atoms with Gasteiger partial charge in [-0.3, -0.25) is 0 Å². The molecule has 1 fully saturated rings. The fourth-order valence-corrected chi connectivity index (χ4v) is 4.58. The van der Waals surface area contributed by atoms with Gasteiger partial charge in [0.15, 0.2) is 0 Å². The van der Waals surface area contributed by atoms with E-state index in [-0.39, 0.29) is 0 Å². The van der Waals surface area contributed by atoms with E-state index in [0.717, 1.165) is 25.3 Å². The number of aryl methyl sites for hydroxylation is 1. The van der Waals surface area contributed by atoms with E-state index in [4.69, 9.17) is 0 Å². The molecule has 0 spiro atoms. The third-order valence-corrected chi connectivity index (χ3v) is 6.44. The minimum Gasteiger partial charge on any atom is -0.384 e. The van der Waals surface area contributed by atoms with Crippen LogP contribution in [0.15, 0.2) is 67.3 Å². The van der Waals surface area contributed by atoms with E-state index >= 15 is 0 Å². The van der Waals surface area contributed by atoms with E-state index in [2.05, 4.69) is 101 Å². The van der Waals surface area contributed by atoms with E-state index < -0.39 is 0 Å². The first-order valence-corrected chi connectivity index (χ1v) is 15.9. The summed E-state index contributed by atoms with van der Waals surface area (Å²) in [6.07, 6.45) is 18.0. The summed E-state index contributed by atoms with van der Waals surface area (Å²) in [6.45, 7) is 28.8. The number of hydrogen-bond donors (Lipinski definition) is 1. The molecule has 0 unspecified atom stereocenters. The lowest BCUT2D eigenvalue weighted by Crippen LogP contribution is -2.08. The molecule has 1 saturated carbocycles. The fourth-order valence-electron chi connectivity index (χ4n) is 4.58. The molecule has 3 rings (SSSR count). The number of rotatable bonds is 8. The Morgan fingerprint density at radius 3 is 1.93 bits per heavy atom. The molecular formula is C39H65N. The van der Waals surface area contributed by atoms with Crippen molar-refractivity contribution < 1.29 is 0 Å². The van der Waals surface area contributed by atoms with Crippen LogP contribution in [0.4, 0.5) is 5.69 Å². The highest BCUT2D eigenvalue weighted by Gasteiger charge is 2.12. The zero-order valence-electron chi connectivity index (χ0n) is 28.3. The van der Waals surface area contributed by atoms with Crippen molar-refractivity contribution in [3.8, 4) is 12.3 Å². The predicted octanol–water partition coefficient (Wildman–Crippen LogP) is 12.2. The molecule has 0 saturated heterocycles. The maximum absolute atomic E-state index is 4.60. The van der Waals surface area contributed by atoms with Gasteiger partial charge in [0.05, 0.1) is 0 Å². The summed E-state index contributed by atoms with van der Waals surface area (Å²) < 4.78 is 0. The Balaban J connectivity index is -0.000000595. The van der Waals surface area contributed by atoms with Gasteiger partial charge in [0, 0.05) is 12.2 Å². The summed E-state index contributed by atoms with van der Waals surface area (Å²) in [7, 11) is 0. The van der Waals surface area contributed by atoms with Gasteiger partial charge in [-0.25, -0.2) is 0 Å². The molecule has 2 aromatic carbocycles. The summed E-state index contributed by atoms with van der Waals surface area (Å²) in [6, 6.07) is 15.2. The topological polar surface area (TPSA) is 12.0 Å². The first-order chi connectivity index (χ1) is 19.4. The number of allylic oxidation sites excluding steroid dienone is 2. The normalized spacial score (nSPS) is 11.3. The van der Waals surface area contributed by atoms with E-state index in [0.29, 0.717) is 0 Å². The van der Waals surface area contributed by atoms with Crippen LogP contribution in [0.25, 0.3) is 0 Å². The Labute approximate surface area is 252 Å². The van der Waals surface area contributed by atoms with Crippen molar-refractivity contribution >= 4 is 5.69 Å². The lowest BCUT2D eigenvalue weighted by molar-refractivity contribution is 0.404. The molecule has 0 aliphatic heterocycles. The third-order valence-electron chi connectivity index (χ3n) is 6.44. The van der Waals surface area contributed by atoms with Crippen LogP contribution in [0, 0.1) is 25.2 Å². The smallest absolute Gasteiger partial charge is 0.0372 e. The molecular weight excluding hydrogens is 482 g/mol. The Morgan fingerprint density at radius 2 is 1.50 bits per heavy atom. The lowest BCUT2D eigenvalue weighted by atomic mass is 9.85. The number of benzene rings is 2. The van der Waals surface area contributed by atoms with Crippen molar-refractivity contribution in [2.45, 2.75) is 127 Å². The van der Waals surface area contributed by atoms with E-state index in [1.807, 2.05) is 34.6 Å². The molecule has 0 bridgehead atoms. The standard InChI is InChI=1S/C20H27N.C9H16.C3H6.C3H4.2C2H6/c1-4-9-18-12-13-20(16(3)19(18)5-2)21-15-14-17-10-7-6-8-11-17;1-8(2)9-6-4-3-5-7-9;2*1-3-2;2*1-2/h6-8,10-13,21H,4-5,9,14-15H2,1-3H3;9H,1,3-7H2,2H3;3H,1H2,2H3;1H,2H3;2*1-2H3. The van der Waals surface area contributed by atoms with Gasteiger partial charge in [-0.2, -0.15) is 0 Å². The van der Waals surface area contributed by atoms with Crippen LogP contribution in [-0.4, -0.2) is 6.54 Å². The summed E-state index contributed by atoms with van der Waals surface area (Å²) in [5.74, 6) is 3.11. The number of nitrogens with one attached hydrogen (secondary N) is 1. The van der Waals surface area contributed by atoms with Gasteiger partial charge in [0.2, 0.25) is 0 Å². The summed E-state index contributed by atoms with van der Waals surface area (Å²) in [5, 5.41) is 3.61. The molecule has 40 heavy (non-hydrogen) atoms. The summed E-state index contributed by atoms with van der Waals surface area (Å²) in [4.78, 5) is 0. The minimum atomic E-state index is 0.860. The Kier molecular flexibility index (Phi) is 32.2. The van der Waals surface area contributed by atoms with Crippen LogP contribution < -0.4 is 5.32 Å². The lowest BCUT2D eigenvalue weighted by Gasteiger charge is -2.21. The molecule has 1 aliphatic rings. The van der Waals surface area contributed by atoms with Crippen molar-refractivity contribution in [3.63, 3.8) is 0 Å². The molecule has 1 heteroatoms. The zero-order valence-corrected chi connectivity index (χ0v) is 28.3. The zero-order chi connectivity index (χ0) is 31.2. The SMILES string of the molecule is C#CC.C=C(C)C1CCCCC1.C=CC.CC.CC.CCCc1ccc(NCCc2ccccc2)c(C)c1CC. The summed E-state index contributed by atoms with van der Waals surface area (Å²) in [5.41, 5.74) is 8.56. The van der Waals surface area contributed by atoms with Crippen LogP contribution >= 0.6 is 0 Å². The number of anilines is 1. The molecule has 1 N–H and O–H groups in total. The van der Waals surface area contributed by atoms with E-state index in [9.17, 15) is 0 Å². The van der Waals surface area contributed by atoms with Crippen LogP contribution in [0.1, 0.15) is 123 Å². The van der Waals surface area contributed by atoms with Crippen LogP contribution in [0.2, 0.25) is 0 Å². The van der Waals surface area contributed by atoms with Gasteiger partial charge in [-0.1, -0.05) is 122 Å². The quantitative estimate of drug-likeness (QED) is 0.256. The summed E-state index contributed by atoms with van der Waals surface area (Å²) >= 11 is 0. The van der Waals surface area contributed by atoms with Gasteiger partial charge in [0.25, 0.3) is 0 Å². The molecule has 2 aromatic rings. The van der Waals surface area contributed by atoms with Crippen LogP contribution in [-0.2, 0) is 19.3 Å². The number of hydrogen-bond acceptors (Lipinski definition) is 1. The van der Waals surface area contributed by atoms with Crippen LogP contribution in [0.5, 0.6) is 0 Å². The first-order valence-electron chi connectivity index (χ1n) is 15.9. The Hall–Kier alpha value is -2.72. The van der Waals surface area contributed by atoms with Crippen molar-refractivity contribution in [1.82, 2.24) is 0 Å². The van der Waals surface area contributed by atoms with Gasteiger partial charge >= 0.3 is 0 Å². The molecule has 0 radical (unpaired) electrons. The fraction of sp³-hybridized carbons (Fsp3) is 0.538. The highest BCUT2D eigenvalue weighted by atomic mass is 14.9. The monoisotopic (exact) mass is 548 g/mol. The second-order valence-electron chi connectivity index (χ2n) is 9.52. The molecule has 0 amide bonds. The highest BCUT2D eigenvalue weighted by Crippen LogP contribution is 2.28. The molecule has 1 nitrogen and oxygen atoms in total. The molecule has 0 aromatic heterocycles. The maximum Gasteiger partial charge on any atom is 0.0372 e. The van der Waals surface area contributed by atoms with Gasteiger partial charge in [-0.15, -0.1) is 18.9 Å². The van der Waals surface area contributed by atoms with Crippen molar-refractivity contribution in [2.24, 2.45) is 5.92 Å². The first kappa shape index (κ1) is 41.8. The molecule has 0 atom stereocenters. The van der Waals surface area contributed by atoms with Gasteiger partial charge in [0.1, 0.15) is 0 Å². The van der Waals surface area contributed by atoms with Crippen molar-refractivity contribution in [1.29, 1.82) is 0 Å². The molecule has 226 valence electrons. The number of terminal acetylenes is 1. The largest absolute Gasteiger partial charge is 0.384 e. The maximum atomic E-state index is 4.60. The predicted molar refractivity (Wildman–Crippen MR) is 188 cm³/mol. The molecule has 0 heterocycles. The van der Waals surface area contributed by atoms with Crippen molar-refractivity contribution in [2.75, 3.05) is 11.9 Å². The average molecular weight is 548 g/mol. The second-order valence-corrected chi connectivity index (χ2v) is 9.52. The highest BCUT2D eigenvalue weighted by molar-refractivity contribution is 5.56. The average Bonchev–Trinajstić information content (AvgIpc) is 2.99. The van der Waals surface area contributed by atoms with E-state index in [1.54, 1.807) is 13.0 Å². The van der Waals surface area contributed by atoms with Gasteiger partial charge < -0.3 is 5.32 Å². The Bertz CT molecular complexity index is 879. The van der Waals surface area contributed by atoms with Crippen LogP contribution in [0.3, 0.4) is 0 Å². The van der Waals surface area contributed by atoms with Crippen molar-refractivity contribution in [3.05, 3.63) is 89.5 Å². The van der Waals surface area contributed by atoms with Gasteiger partial charge in [-0.05, 0) is 94.0 Å². The second kappa shape index (κ2) is 30.8. The third kappa shape index (κ3) is 20.2.